The summed E-state index contributed by atoms with van der Waals surface area (Å²) < 4.78 is 36.0. The molecule has 1 N–H and O–H groups in total. The van der Waals surface area contributed by atoms with Crippen molar-refractivity contribution in [2.45, 2.75) is 20.5 Å². The normalized spacial score (nSPS) is 11.7. The van der Waals surface area contributed by atoms with Crippen molar-refractivity contribution in [1.82, 2.24) is 14.8 Å². The number of halogens is 2. The van der Waals surface area contributed by atoms with Crippen LogP contribution in [-0.2, 0) is 0 Å². The van der Waals surface area contributed by atoms with Crippen molar-refractivity contribution in [2.24, 2.45) is 5.10 Å². The van der Waals surface area contributed by atoms with Gasteiger partial charge in [0.05, 0.1) is 18.5 Å². The van der Waals surface area contributed by atoms with Gasteiger partial charge in [-0.25, -0.2) is 10.4 Å². The highest BCUT2D eigenvalue weighted by Crippen LogP contribution is 2.29. The third-order valence-electron chi connectivity index (χ3n) is 4.04. The Morgan fingerprint density at radius 2 is 2.04 bits per heavy atom. The smallest absolute Gasteiger partial charge is 0.387 e. The molecule has 3 rings (SSSR count). The lowest BCUT2D eigenvalue weighted by atomic mass is 10.1. The van der Waals surface area contributed by atoms with Crippen molar-refractivity contribution in [3.8, 4) is 11.5 Å². The molecule has 0 aliphatic carbocycles. The van der Waals surface area contributed by atoms with E-state index < -0.39 is 12.5 Å². The van der Waals surface area contributed by atoms with Gasteiger partial charge in [-0.1, -0.05) is 6.07 Å². The summed E-state index contributed by atoms with van der Waals surface area (Å²) in [5.74, 6) is -0.365. The van der Waals surface area contributed by atoms with Crippen LogP contribution in [0.4, 0.5) is 8.78 Å². The number of hydrogen-bond donors (Lipinski definition) is 1. The van der Waals surface area contributed by atoms with Gasteiger partial charge in [0.15, 0.2) is 11.5 Å². The number of hydrazone groups is 1. The minimum absolute atomic E-state index is 0.0839. The molecule has 0 saturated carbocycles. The number of carbonyl (C=O) groups is 1. The minimum Gasteiger partial charge on any atom is -0.493 e. The molecule has 3 aromatic rings. The molecule has 0 aliphatic heterocycles. The number of aromatic nitrogens is 2. The molecule has 0 bridgehead atoms. The molecule has 7 nitrogen and oxygen atoms in total. The standard InChI is InChI=1S/C19H18F2N4O3/c1-11(13-7-8-14(28-19(20)21)15(10-13)27-3)23-24-18(26)17-12(2)22-16-6-4-5-9-25(16)17/h4-10,19H,1-3H3,(H,24,26)/b23-11-. The van der Waals surface area contributed by atoms with Crippen LogP contribution in [0.2, 0.25) is 0 Å². The van der Waals surface area contributed by atoms with Crippen LogP contribution in [0.25, 0.3) is 5.65 Å². The van der Waals surface area contributed by atoms with Gasteiger partial charge < -0.3 is 9.47 Å². The molecule has 146 valence electrons. The van der Waals surface area contributed by atoms with Gasteiger partial charge in [0.1, 0.15) is 11.3 Å². The summed E-state index contributed by atoms with van der Waals surface area (Å²) >= 11 is 0. The van der Waals surface area contributed by atoms with Gasteiger partial charge in [-0.05, 0) is 44.2 Å². The number of methoxy groups -OCH3 is 1. The van der Waals surface area contributed by atoms with Gasteiger partial charge in [0.2, 0.25) is 0 Å². The third-order valence-corrected chi connectivity index (χ3v) is 4.04. The second kappa shape index (κ2) is 8.03. The van der Waals surface area contributed by atoms with E-state index in [0.29, 0.717) is 28.3 Å². The van der Waals surface area contributed by atoms with E-state index in [9.17, 15) is 13.6 Å². The van der Waals surface area contributed by atoms with Gasteiger partial charge in [-0.15, -0.1) is 0 Å². The van der Waals surface area contributed by atoms with Gasteiger partial charge >= 0.3 is 6.61 Å². The number of alkyl halides is 2. The van der Waals surface area contributed by atoms with Gasteiger partial charge in [0, 0.05) is 11.8 Å². The lowest BCUT2D eigenvalue weighted by molar-refractivity contribution is -0.0512. The largest absolute Gasteiger partial charge is 0.493 e. The molecule has 1 aromatic carbocycles. The molecule has 1 amide bonds. The first-order chi connectivity index (χ1) is 13.4. The predicted octanol–water partition coefficient (Wildman–Crippen LogP) is 3.41. The fraction of sp³-hybridized carbons (Fsp3) is 0.211. The first-order valence-electron chi connectivity index (χ1n) is 8.32. The molecule has 9 heteroatoms. The van der Waals surface area contributed by atoms with Crippen LogP contribution in [0.3, 0.4) is 0 Å². The van der Waals surface area contributed by atoms with Crippen LogP contribution in [0.5, 0.6) is 11.5 Å². The Labute approximate surface area is 159 Å². The van der Waals surface area contributed by atoms with Crippen molar-refractivity contribution >= 4 is 17.3 Å². The van der Waals surface area contributed by atoms with Crippen LogP contribution < -0.4 is 14.9 Å². The van der Waals surface area contributed by atoms with E-state index in [0.717, 1.165) is 0 Å². The number of fused-ring (bicyclic) bond motifs is 1. The summed E-state index contributed by atoms with van der Waals surface area (Å²) in [6.45, 7) is 0.456. The molecule has 0 atom stereocenters. The Bertz CT molecular complexity index is 1050. The molecular weight excluding hydrogens is 370 g/mol. The van der Waals surface area contributed by atoms with E-state index in [1.54, 1.807) is 42.6 Å². The maximum Gasteiger partial charge on any atom is 0.387 e. The lowest BCUT2D eigenvalue weighted by Gasteiger charge is -2.11. The van der Waals surface area contributed by atoms with E-state index in [1.807, 2.05) is 6.07 Å². The fourth-order valence-electron chi connectivity index (χ4n) is 2.73. The maximum atomic E-state index is 12.6. The SMILES string of the molecule is COc1cc(/C(C)=N\NC(=O)c2c(C)nc3ccccn23)ccc1OC(F)F. The Kier molecular flexibility index (Phi) is 5.53. The number of rotatable bonds is 6. The number of aryl methyl sites for hydroxylation is 1. The Hall–Kier alpha value is -3.49. The van der Waals surface area contributed by atoms with E-state index in [1.165, 1.54) is 19.2 Å². The second-order valence-electron chi connectivity index (χ2n) is 5.86. The van der Waals surface area contributed by atoms with Gasteiger partial charge in [0.25, 0.3) is 5.91 Å². The highest BCUT2D eigenvalue weighted by atomic mass is 19.3. The molecule has 0 fully saturated rings. The topological polar surface area (TPSA) is 77.2 Å². The number of carbonyl (C=O) groups excluding carboxylic acids is 1. The van der Waals surface area contributed by atoms with Crippen LogP contribution in [-0.4, -0.2) is 34.7 Å². The van der Waals surface area contributed by atoms with Gasteiger partial charge in [-0.2, -0.15) is 13.9 Å². The first kappa shape index (κ1) is 19.3. The quantitative estimate of drug-likeness (QED) is 0.519. The summed E-state index contributed by atoms with van der Waals surface area (Å²) in [7, 11) is 1.35. The predicted molar refractivity (Wildman–Crippen MR) is 99.2 cm³/mol. The molecule has 28 heavy (non-hydrogen) atoms. The average molecular weight is 388 g/mol. The Morgan fingerprint density at radius 3 is 2.75 bits per heavy atom. The number of hydrogen-bond acceptors (Lipinski definition) is 5. The monoisotopic (exact) mass is 388 g/mol. The van der Waals surface area contributed by atoms with Crippen molar-refractivity contribution < 1.29 is 23.0 Å². The van der Waals surface area contributed by atoms with E-state index in [-0.39, 0.29) is 11.5 Å². The minimum atomic E-state index is -2.96. The van der Waals surface area contributed by atoms with E-state index >= 15 is 0 Å². The van der Waals surface area contributed by atoms with Crippen molar-refractivity contribution in [3.63, 3.8) is 0 Å². The van der Waals surface area contributed by atoms with Crippen LogP contribution >= 0.6 is 0 Å². The summed E-state index contributed by atoms with van der Waals surface area (Å²) in [6.07, 6.45) is 1.74. The molecular formula is C19H18F2N4O3. The molecule has 2 heterocycles. The highest BCUT2D eigenvalue weighted by molar-refractivity contribution is 6.01. The molecule has 0 spiro atoms. The van der Waals surface area contributed by atoms with Crippen molar-refractivity contribution in [3.05, 3.63) is 59.5 Å². The zero-order chi connectivity index (χ0) is 20.3. The molecule has 0 unspecified atom stereocenters. The number of pyridine rings is 1. The zero-order valence-corrected chi connectivity index (χ0v) is 15.4. The highest BCUT2D eigenvalue weighted by Gasteiger charge is 2.16. The molecule has 2 aromatic heterocycles. The summed E-state index contributed by atoms with van der Waals surface area (Å²) in [4.78, 5) is 16.9. The van der Waals surface area contributed by atoms with Crippen LogP contribution in [0, 0.1) is 6.92 Å². The Balaban J connectivity index is 1.82. The first-order valence-corrected chi connectivity index (χ1v) is 8.32. The zero-order valence-electron chi connectivity index (χ0n) is 15.4. The number of nitrogens with zero attached hydrogens (tertiary/aromatic N) is 3. The van der Waals surface area contributed by atoms with E-state index in [4.69, 9.17) is 4.74 Å². The summed E-state index contributed by atoms with van der Waals surface area (Å²) in [5.41, 5.74) is 5.15. The van der Waals surface area contributed by atoms with E-state index in [2.05, 4.69) is 20.2 Å². The summed E-state index contributed by atoms with van der Waals surface area (Å²) in [6, 6.07) is 9.84. The lowest BCUT2D eigenvalue weighted by Crippen LogP contribution is -2.22. The number of imidazole rings is 1. The average Bonchev–Trinajstić information content (AvgIpc) is 3.01. The molecule has 0 aliphatic rings. The maximum absolute atomic E-state index is 12.6. The number of ether oxygens (including phenoxy) is 2. The van der Waals surface area contributed by atoms with Crippen molar-refractivity contribution in [1.29, 1.82) is 0 Å². The van der Waals surface area contributed by atoms with Gasteiger partial charge in [-0.3, -0.25) is 9.20 Å². The Morgan fingerprint density at radius 1 is 1.25 bits per heavy atom. The van der Waals surface area contributed by atoms with Crippen LogP contribution in [0.1, 0.15) is 28.7 Å². The molecule has 0 saturated heterocycles. The third kappa shape index (κ3) is 3.93. The molecule has 0 radical (unpaired) electrons. The number of benzene rings is 1. The summed E-state index contributed by atoms with van der Waals surface area (Å²) in [5, 5.41) is 4.10. The second-order valence-corrected chi connectivity index (χ2v) is 5.86. The van der Waals surface area contributed by atoms with Crippen molar-refractivity contribution in [2.75, 3.05) is 7.11 Å². The van der Waals surface area contributed by atoms with Crippen LogP contribution in [0.15, 0.2) is 47.7 Å². The fourth-order valence-corrected chi connectivity index (χ4v) is 2.73. The number of nitrogens with one attached hydrogen (secondary N) is 1. The number of amides is 1.